The van der Waals surface area contributed by atoms with Crippen molar-refractivity contribution >= 4 is 34.7 Å². The van der Waals surface area contributed by atoms with Crippen LogP contribution in [0.2, 0.25) is 0 Å². The monoisotopic (exact) mass is 436 g/mol. The molecule has 1 atom stereocenters. The topological polar surface area (TPSA) is 58.6 Å². The Balaban J connectivity index is 2.09. The third-order valence-corrected chi connectivity index (χ3v) is 5.99. The van der Waals surface area contributed by atoms with Crippen LogP contribution in [-0.4, -0.2) is 35.1 Å². The largest absolute Gasteiger partial charge is 0.444 e. The van der Waals surface area contributed by atoms with Gasteiger partial charge in [-0.25, -0.2) is 4.79 Å². The van der Waals surface area contributed by atoms with E-state index in [2.05, 4.69) is 12.2 Å². The van der Waals surface area contributed by atoms with Crippen LogP contribution in [0.5, 0.6) is 0 Å². The average molecular weight is 437 g/mol. The highest BCUT2D eigenvalue weighted by Gasteiger charge is 2.24. The highest BCUT2D eigenvalue weighted by atomic mass is 32.1. The number of hydrogen-bond acceptors (Lipinski definition) is 5. The predicted molar refractivity (Wildman–Crippen MR) is 120 cm³/mol. The number of carbonyl (C=O) groups is 2. The molecule has 1 N–H and O–H groups in total. The lowest BCUT2D eigenvalue weighted by Crippen LogP contribution is -2.47. The molecule has 0 aliphatic heterocycles. The Bertz CT molecular complexity index is 737. The zero-order chi connectivity index (χ0) is 21.3. The second-order valence-corrected chi connectivity index (χ2v) is 10.2. The van der Waals surface area contributed by atoms with Gasteiger partial charge >= 0.3 is 6.09 Å². The lowest BCUT2D eigenvalue weighted by atomic mass is 10.1. The summed E-state index contributed by atoms with van der Waals surface area (Å²) in [5.74, 6) is 0.0772. The molecule has 0 radical (unpaired) electrons. The van der Waals surface area contributed by atoms with E-state index in [1.807, 2.05) is 60.7 Å². The standard InChI is InChI=1S/C22H32N2O3S2/c1-5-6-9-17(23-21(26)27-22(2,3)4)15-24(16-19-11-8-13-29-19)20(25)14-18-10-7-12-28-18/h7-8,10-13,17H,5-6,9,14-16H2,1-4H3,(H,23,26). The number of nitrogens with one attached hydrogen (secondary N) is 1. The summed E-state index contributed by atoms with van der Waals surface area (Å²) in [5.41, 5.74) is -0.551. The van der Waals surface area contributed by atoms with Crippen LogP contribution in [0.3, 0.4) is 0 Å². The molecule has 0 fully saturated rings. The number of unbranched alkanes of at least 4 members (excludes halogenated alkanes) is 1. The zero-order valence-corrected chi connectivity index (χ0v) is 19.4. The first-order valence-electron chi connectivity index (χ1n) is 10.1. The number of thiophene rings is 2. The fourth-order valence-corrected chi connectivity index (χ4v) is 4.33. The van der Waals surface area contributed by atoms with Gasteiger partial charge in [0.2, 0.25) is 5.91 Å². The molecule has 0 saturated heterocycles. The molecule has 1 unspecified atom stereocenters. The summed E-state index contributed by atoms with van der Waals surface area (Å²) in [7, 11) is 0. The van der Waals surface area contributed by atoms with Crippen molar-refractivity contribution in [2.75, 3.05) is 6.54 Å². The van der Waals surface area contributed by atoms with Crippen molar-refractivity contribution in [1.82, 2.24) is 10.2 Å². The minimum atomic E-state index is -0.551. The third-order valence-electron chi connectivity index (χ3n) is 4.25. The highest BCUT2D eigenvalue weighted by Crippen LogP contribution is 2.17. The summed E-state index contributed by atoms with van der Waals surface area (Å²) in [6, 6.07) is 7.84. The number of amides is 2. The second-order valence-electron chi connectivity index (χ2n) is 8.10. The molecule has 5 nitrogen and oxygen atoms in total. The lowest BCUT2D eigenvalue weighted by Gasteiger charge is -2.29. The normalized spacial score (nSPS) is 12.4. The van der Waals surface area contributed by atoms with Crippen LogP contribution >= 0.6 is 22.7 Å². The Morgan fingerprint density at radius 3 is 2.34 bits per heavy atom. The molecule has 2 aromatic rings. The molecule has 2 aromatic heterocycles. The SMILES string of the molecule is CCCCC(CN(Cc1cccs1)C(=O)Cc1cccs1)NC(=O)OC(C)(C)C. The maximum Gasteiger partial charge on any atom is 0.407 e. The summed E-state index contributed by atoms with van der Waals surface area (Å²) in [6.07, 6.45) is 2.77. The van der Waals surface area contributed by atoms with Crippen molar-refractivity contribution in [2.45, 2.75) is 71.6 Å². The number of carbonyl (C=O) groups excluding carboxylic acids is 2. The fourth-order valence-electron chi connectivity index (χ4n) is 2.92. The van der Waals surface area contributed by atoms with Crippen LogP contribution in [0.4, 0.5) is 4.79 Å². The minimum Gasteiger partial charge on any atom is -0.444 e. The van der Waals surface area contributed by atoms with E-state index in [0.29, 0.717) is 19.5 Å². The van der Waals surface area contributed by atoms with E-state index < -0.39 is 11.7 Å². The molecule has 0 bridgehead atoms. The van der Waals surface area contributed by atoms with E-state index in [4.69, 9.17) is 4.74 Å². The predicted octanol–water partition coefficient (Wildman–Crippen LogP) is 5.46. The molecule has 0 aliphatic rings. The molecule has 0 aliphatic carbocycles. The second kappa shape index (κ2) is 11.4. The quantitative estimate of drug-likeness (QED) is 0.538. The highest BCUT2D eigenvalue weighted by molar-refractivity contribution is 7.10. The van der Waals surface area contributed by atoms with Gasteiger partial charge in [0.05, 0.1) is 13.0 Å². The summed E-state index contributed by atoms with van der Waals surface area (Å²) in [4.78, 5) is 29.4. The van der Waals surface area contributed by atoms with Gasteiger partial charge in [0.25, 0.3) is 0 Å². The Labute approximate surface area is 182 Å². The average Bonchev–Trinajstić information content (AvgIpc) is 3.31. The van der Waals surface area contributed by atoms with E-state index in [1.54, 1.807) is 22.7 Å². The van der Waals surface area contributed by atoms with E-state index in [1.165, 1.54) is 0 Å². The lowest BCUT2D eigenvalue weighted by molar-refractivity contribution is -0.131. The molecule has 2 heterocycles. The number of hydrogen-bond donors (Lipinski definition) is 1. The van der Waals surface area contributed by atoms with Gasteiger partial charge in [0.15, 0.2) is 0 Å². The molecular weight excluding hydrogens is 404 g/mol. The van der Waals surface area contributed by atoms with Crippen LogP contribution in [-0.2, 0) is 22.5 Å². The number of nitrogens with zero attached hydrogens (tertiary/aromatic N) is 1. The van der Waals surface area contributed by atoms with Crippen LogP contribution in [0.1, 0.15) is 56.7 Å². The summed E-state index contributed by atoms with van der Waals surface area (Å²) in [5, 5.41) is 6.99. The molecular formula is C22H32N2O3S2. The van der Waals surface area contributed by atoms with Gasteiger partial charge in [-0.3, -0.25) is 4.79 Å². The first-order chi connectivity index (χ1) is 13.8. The van der Waals surface area contributed by atoms with E-state index >= 15 is 0 Å². The zero-order valence-electron chi connectivity index (χ0n) is 17.8. The molecule has 2 rings (SSSR count). The van der Waals surface area contributed by atoms with Crippen molar-refractivity contribution in [2.24, 2.45) is 0 Å². The van der Waals surface area contributed by atoms with Gasteiger partial charge in [-0.1, -0.05) is 31.9 Å². The van der Waals surface area contributed by atoms with Crippen LogP contribution in [0.15, 0.2) is 35.0 Å². The molecule has 2 amide bonds. The van der Waals surface area contributed by atoms with Gasteiger partial charge < -0.3 is 15.0 Å². The van der Waals surface area contributed by atoms with Crippen LogP contribution < -0.4 is 5.32 Å². The van der Waals surface area contributed by atoms with Crippen molar-refractivity contribution in [3.05, 3.63) is 44.8 Å². The number of ether oxygens (including phenoxy) is 1. The molecule has 0 saturated carbocycles. The minimum absolute atomic E-state index is 0.0772. The Morgan fingerprint density at radius 2 is 1.79 bits per heavy atom. The van der Waals surface area contributed by atoms with Gasteiger partial charge in [-0.05, 0) is 50.1 Å². The maximum atomic E-state index is 13.1. The van der Waals surface area contributed by atoms with Crippen molar-refractivity contribution < 1.29 is 14.3 Å². The Morgan fingerprint density at radius 1 is 1.14 bits per heavy atom. The van der Waals surface area contributed by atoms with Crippen LogP contribution in [0, 0.1) is 0 Å². The van der Waals surface area contributed by atoms with Gasteiger partial charge in [-0.2, -0.15) is 0 Å². The molecule has 0 aromatic carbocycles. The van der Waals surface area contributed by atoms with E-state index in [0.717, 1.165) is 29.0 Å². The molecule has 29 heavy (non-hydrogen) atoms. The first kappa shape index (κ1) is 23.4. The Hall–Kier alpha value is -1.86. The molecule has 7 heteroatoms. The number of rotatable bonds is 10. The summed E-state index contributed by atoms with van der Waals surface area (Å²) >= 11 is 3.23. The van der Waals surface area contributed by atoms with Crippen molar-refractivity contribution in [1.29, 1.82) is 0 Å². The summed E-state index contributed by atoms with van der Waals surface area (Å²) < 4.78 is 5.43. The molecule has 0 spiro atoms. The van der Waals surface area contributed by atoms with Gasteiger partial charge in [-0.15, -0.1) is 22.7 Å². The fraction of sp³-hybridized carbons (Fsp3) is 0.545. The smallest absolute Gasteiger partial charge is 0.407 e. The third kappa shape index (κ3) is 9.00. The molecule has 160 valence electrons. The van der Waals surface area contributed by atoms with Gasteiger partial charge in [0, 0.05) is 22.3 Å². The van der Waals surface area contributed by atoms with Gasteiger partial charge in [0.1, 0.15) is 5.60 Å². The Kier molecular flexibility index (Phi) is 9.17. The van der Waals surface area contributed by atoms with E-state index in [9.17, 15) is 9.59 Å². The van der Waals surface area contributed by atoms with Crippen LogP contribution in [0.25, 0.3) is 0 Å². The maximum absolute atomic E-state index is 13.1. The van der Waals surface area contributed by atoms with E-state index in [-0.39, 0.29) is 11.9 Å². The summed E-state index contributed by atoms with van der Waals surface area (Å²) in [6.45, 7) is 8.70. The number of alkyl carbamates (subject to hydrolysis) is 1. The van der Waals surface area contributed by atoms with Crippen molar-refractivity contribution in [3.8, 4) is 0 Å². The first-order valence-corrected chi connectivity index (χ1v) is 11.8. The van der Waals surface area contributed by atoms with Crippen molar-refractivity contribution in [3.63, 3.8) is 0 Å².